The summed E-state index contributed by atoms with van der Waals surface area (Å²) in [7, 11) is 0. The molecule has 0 aromatic heterocycles. The van der Waals surface area contributed by atoms with E-state index in [1.54, 1.807) is 0 Å². The third-order valence-electron chi connectivity index (χ3n) is 3.16. The molecule has 1 aromatic rings. The third kappa shape index (κ3) is 3.42. The monoisotopic (exact) mass is 232 g/mol. The van der Waals surface area contributed by atoms with Gasteiger partial charge in [0, 0.05) is 18.1 Å². The van der Waals surface area contributed by atoms with Gasteiger partial charge in [0.1, 0.15) is 0 Å². The van der Waals surface area contributed by atoms with Crippen LogP contribution in [0.1, 0.15) is 44.4 Å². The van der Waals surface area contributed by atoms with E-state index in [-0.39, 0.29) is 11.6 Å². The summed E-state index contributed by atoms with van der Waals surface area (Å²) < 4.78 is 0. The zero-order valence-corrected chi connectivity index (χ0v) is 11.2. The molecule has 0 spiro atoms. The molecule has 1 rings (SSSR count). The quantitative estimate of drug-likeness (QED) is 0.740. The standard InChI is InChI=1S/C15H24N2/c1-5-11-17-15(3,4)13-10-8-7-9-12(13)14(16)6-2/h5,7-10,14,17H,1,6,11,16H2,2-4H3. The molecule has 0 heterocycles. The van der Waals surface area contributed by atoms with E-state index in [4.69, 9.17) is 5.73 Å². The van der Waals surface area contributed by atoms with Crippen LogP contribution in [-0.4, -0.2) is 6.54 Å². The van der Waals surface area contributed by atoms with Gasteiger partial charge in [-0.2, -0.15) is 0 Å². The van der Waals surface area contributed by atoms with E-state index in [2.05, 4.69) is 56.9 Å². The van der Waals surface area contributed by atoms with Crippen molar-refractivity contribution in [3.05, 3.63) is 48.0 Å². The van der Waals surface area contributed by atoms with Crippen LogP contribution in [0, 0.1) is 0 Å². The average Bonchev–Trinajstić information content (AvgIpc) is 2.35. The highest BCUT2D eigenvalue weighted by Gasteiger charge is 2.23. The van der Waals surface area contributed by atoms with Crippen LogP contribution in [0.3, 0.4) is 0 Å². The van der Waals surface area contributed by atoms with Gasteiger partial charge in [0.05, 0.1) is 0 Å². The van der Waals surface area contributed by atoms with Crippen LogP contribution in [0.2, 0.25) is 0 Å². The van der Waals surface area contributed by atoms with Crippen LogP contribution in [0.5, 0.6) is 0 Å². The van der Waals surface area contributed by atoms with Crippen LogP contribution in [0.4, 0.5) is 0 Å². The zero-order valence-electron chi connectivity index (χ0n) is 11.2. The van der Waals surface area contributed by atoms with Crippen molar-refractivity contribution in [1.29, 1.82) is 0 Å². The molecular formula is C15H24N2. The number of nitrogens with two attached hydrogens (primary N) is 1. The summed E-state index contributed by atoms with van der Waals surface area (Å²) in [5.74, 6) is 0. The van der Waals surface area contributed by atoms with Crippen molar-refractivity contribution >= 4 is 0 Å². The maximum atomic E-state index is 6.17. The first-order chi connectivity index (χ1) is 8.03. The minimum Gasteiger partial charge on any atom is -0.324 e. The molecule has 1 atom stereocenters. The Balaban J connectivity index is 3.07. The SMILES string of the molecule is C=CCNC(C)(C)c1ccccc1C(N)CC. The lowest BCUT2D eigenvalue weighted by atomic mass is 9.86. The topological polar surface area (TPSA) is 38.0 Å². The second-order valence-electron chi connectivity index (χ2n) is 4.90. The fraction of sp³-hybridized carbons (Fsp3) is 0.467. The first-order valence-electron chi connectivity index (χ1n) is 6.23. The maximum absolute atomic E-state index is 6.17. The summed E-state index contributed by atoms with van der Waals surface area (Å²) in [6, 6.07) is 8.51. The van der Waals surface area contributed by atoms with E-state index in [0.717, 1.165) is 13.0 Å². The van der Waals surface area contributed by atoms with Crippen molar-refractivity contribution in [2.24, 2.45) is 5.73 Å². The molecule has 0 radical (unpaired) electrons. The van der Waals surface area contributed by atoms with E-state index in [0.29, 0.717) is 0 Å². The van der Waals surface area contributed by atoms with E-state index in [1.807, 2.05) is 6.08 Å². The van der Waals surface area contributed by atoms with Crippen LogP contribution < -0.4 is 11.1 Å². The molecule has 94 valence electrons. The molecule has 0 saturated heterocycles. The number of hydrogen-bond acceptors (Lipinski definition) is 2. The summed E-state index contributed by atoms with van der Waals surface area (Å²) in [5.41, 5.74) is 8.59. The molecule has 0 aliphatic rings. The van der Waals surface area contributed by atoms with Gasteiger partial charge in [-0.05, 0) is 31.4 Å². The molecule has 17 heavy (non-hydrogen) atoms. The number of hydrogen-bond donors (Lipinski definition) is 2. The van der Waals surface area contributed by atoms with Crippen molar-refractivity contribution in [2.45, 2.75) is 38.8 Å². The smallest absolute Gasteiger partial charge is 0.0383 e. The van der Waals surface area contributed by atoms with Gasteiger partial charge in [0.2, 0.25) is 0 Å². The van der Waals surface area contributed by atoms with Crippen LogP contribution in [-0.2, 0) is 5.54 Å². The van der Waals surface area contributed by atoms with Gasteiger partial charge in [-0.1, -0.05) is 37.3 Å². The lowest BCUT2D eigenvalue weighted by Gasteiger charge is -2.30. The van der Waals surface area contributed by atoms with Gasteiger partial charge >= 0.3 is 0 Å². The number of benzene rings is 1. The van der Waals surface area contributed by atoms with Gasteiger partial charge in [0.25, 0.3) is 0 Å². The van der Waals surface area contributed by atoms with Gasteiger partial charge in [0.15, 0.2) is 0 Å². The Bertz CT molecular complexity index is 369. The molecule has 0 amide bonds. The highest BCUT2D eigenvalue weighted by molar-refractivity contribution is 5.35. The van der Waals surface area contributed by atoms with Gasteiger partial charge in [-0.15, -0.1) is 6.58 Å². The Labute approximate surface area is 105 Å². The second-order valence-corrected chi connectivity index (χ2v) is 4.90. The molecule has 1 aromatic carbocycles. The minimum atomic E-state index is -0.0857. The third-order valence-corrected chi connectivity index (χ3v) is 3.16. The molecule has 0 aliphatic carbocycles. The highest BCUT2D eigenvalue weighted by Crippen LogP contribution is 2.28. The normalized spacial score (nSPS) is 13.4. The molecular weight excluding hydrogens is 208 g/mol. The maximum Gasteiger partial charge on any atom is 0.0383 e. The van der Waals surface area contributed by atoms with Crippen molar-refractivity contribution in [1.82, 2.24) is 5.32 Å². The molecule has 2 nitrogen and oxygen atoms in total. The minimum absolute atomic E-state index is 0.0857. The fourth-order valence-electron chi connectivity index (χ4n) is 2.03. The van der Waals surface area contributed by atoms with Gasteiger partial charge in [-0.25, -0.2) is 0 Å². The van der Waals surface area contributed by atoms with Crippen molar-refractivity contribution in [3.63, 3.8) is 0 Å². The summed E-state index contributed by atoms with van der Waals surface area (Å²) in [5, 5.41) is 3.47. The summed E-state index contributed by atoms with van der Waals surface area (Å²) >= 11 is 0. The van der Waals surface area contributed by atoms with Crippen molar-refractivity contribution in [2.75, 3.05) is 6.54 Å². The Morgan fingerprint density at radius 3 is 2.65 bits per heavy atom. The molecule has 1 unspecified atom stereocenters. The van der Waals surface area contributed by atoms with E-state index < -0.39 is 0 Å². The Hall–Kier alpha value is -1.12. The van der Waals surface area contributed by atoms with Gasteiger partial charge < -0.3 is 11.1 Å². The molecule has 2 heteroatoms. The van der Waals surface area contributed by atoms with Crippen LogP contribution in [0.25, 0.3) is 0 Å². The zero-order chi connectivity index (χ0) is 12.9. The Kier molecular flexibility index (Phi) is 4.91. The van der Waals surface area contributed by atoms with Crippen LogP contribution >= 0.6 is 0 Å². The van der Waals surface area contributed by atoms with E-state index >= 15 is 0 Å². The predicted molar refractivity (Wildman–Crippen MR) is 74.9 cm³/mol. The Morgan fingerprint density at radius 1 is 1.41 bits per heavy atom. The summed E-state index contributed by atoms with van der Waals surface area (Å²) in [4.78, 5) is 0. The molecule has 0 fully saturated rings. The van der Waals surface area contributed by atoms with Crippen molar-refractivity contribution < 1.29 is 0 Å². The Morgan fingerprint density at radius 2 is 2.06 bits per heavy atom. The lowest BCUT2D eigenvalue weighted by molar-refractivity contribution is 0.418. The first kappa shape index (κ1) is 13.9. The van der Waals surface area contributed by atoms with Crippen LogP contribution in [0.15, 0.2) is 36.9 Å². The number of rotatable bonds is 6. The van der Waals surface area contributed by atoms with Crippen molar-refractivity contribution in [3.8, 4) is 0 Å². The van der Waals surface area contributed by atoms with Gasteiger partial charge in [-0.3, -0.25) is 0 Å². The molecule has 3 N–H and O–H groups in total. The first-order valence-corrected chi connectivity index (χ1v) is 6.23. The lowest BCUT2D eigenvalue weighted by Crippen LogP contribution is -2.38. The molecule has 0 aliphatic heterocycles. The fourth-order valence-corrected chi connectivity index (χ4v) is 2.03. The average molecular weight is 232 g/mol. The molecule has 0 bridgehead atoms. The number of nitrogens with one attached hydrogen (secondary N) is 1. The summed E-state index contributed by atoms with van der Waals surface area (Å²) in [6.07, 6.45) is 2.83. The summed E-state index contributed by atoms with van der Waals surface area (Å²) in [6.45, 7) is 11.0. The largest absolute Gasteiger partial charge is 0.324 e. The van der Waals surface area contributed by atoms with E-state index in [9.17, 15) is 0 Å². The molecule has 0 saturated carbocycles. The van der Waals surface area contributed by atoms with E-state index in [1.165, 1.54) is 11.1 Å². The highest BCUT2D eigenvalue weighted by atomic mass is 14.9. The second kappa shape index (κ2) is 5.99. The predicted octanol–water partition coefficient (Wildman–Crippen LogP) is 3.11.